The highest BCUT2D eigenvalue weighted by Gasteiger charge is 2.23. The number of fused-ring (bicyclic) bond motifs is 1. The highest BCUT2D eigenvalue weighted by atomic mass is 35.5. The van der Waals surface area contributed by atoms with Crippen LogP contribution in [0.2, 0.25) is 0 Å². The van der Waals surface area contributed by atoms with Crippen LogP contribution in [0, 0.1) is 0 Å². The monoisotopic (exact) mass is 421 g/mol. The molecule has 1 fully saturated rings. The predicted octanol–water partition coefficient (Wildman–Crippen LogP) is 4.58. The minimum atomic E-state index is 0. The largest absolute Gasteiger partial charge is 0.496 e. The molecule has 1 unspecified atom stereocenters. The van der Waals surface area contributed by atoms with Crippen LogP contribution in [0.5, 0.6) is 17.2 Å². The van der Waals surface area contributed by atoms with Crippen LogP contribution >= 0.6 is 12.4 Å². The van der Waals surface area contributed by atoms with Gasteiger partial charge < -0.3 is 23.7 Å². The summed E-state index contributed by atoms with van der Waals surface area (Å²) in [5, 5.41) is 0. The molecule has 160 valence electrons. The van der Waals surface area contributed by atoms with Crippen molar-refractivity contribution in [3.8, 4) is 28.5 Å². The molecule has 2 aliphatic heterocycles. The fourth-order valence-electron chi connectivity index (χ4n) is 4.22. The Morgan fingerprint density at radius 1 is 1.07 bits per heavy atom. The molecule has 1 atom stereocenters. The molecule has 0 saturated carbocycles. The highest BCUT2D eigenvalue weighted by Crippen LogP contribution is 2.41. The number of methoxy groups -OCH3 is 1. The smallest absolute Gasteiger partial charge is 0.164 e. The van der Waals surface area contributed by atoms with Crippen LogP contribution in [0.3, 0.4) is 0 Å². The number of piperidine rings is 1. The first kappa shape index (κ1) is 21.8. The first-order valence-corrected chi connectivity index (χ1v) is 10.5. The number of rotatable bonds is 6. The molecule has 1 saturated heterocycles. The van der Waals surface area contributed by atoms with E-state index in [1.165, 1.54) is 32.4 Å². The van der Waals surface area contributed by atoms with Crippen molar-refractivity contribution in [1.82, 2.24) is 14.5 Å². The first-order valence-electron chi connectivity index (χ1n) is 10.5. The van der Waals surface area contributed by atoms with Gasteiger partial charge in [0.25, 0.3) is 0 Å². The van der Waals surface area contributed by atoms with Gasteiger partial charge in [-0.3, -0.25) is 0 Å². The van der Waals surface area contributed by atoms with Crippen LogP contribution in [-0.2, 0) is 0 Å². The second-order valence-corrected chi connectivity index (χ2v) is 7.66. The molecule has 0 aliphatic carbocycles. The van der Waals surface area contributed by atoms with Crippen molar-refractivity contribution < 1.29 is 14.2 Å². The van der Waals surface area contributed by atoms with E-state index in [0.717, 1.165) is 47.9 Å². The maximum Gasteiger partial charge on any atom is 0.164 e. The molecule has 1 aromatic carbocycles. The molecule has 0 bridgehead atoms. The van der Waals surface area contributed by atoms with Crippen molar-refractivity contribution in [3.05, 3.63) is 24.7 Å². The van der Waals surface area contributed by atoms with E-state index in [1.807, 2.05) is 24.7 Å². The molecule has 2 aromatic rings. The minimum Gasteiger partial charge on any atom is -0.496 e. The summed E-state index contributed by atoms with van der Waals surface area (Å²) in [5.74, 6) is 2.33. The van der Waals surface area contributed by atoms with Crippen molar-refractivity contribution in [1.29, 1.82) is 0 Å². The fraction of sp³-hybridized carbons (Fsp3) is 0.591. The Kier molecular flexibility index (Phi) is 7.67. The van der Waals surface area contributed by atoms with Crippen molar-refractivity contribution in [2.45, 2.75) is 45.1 Å². The third-order valence-electron chi connectivity index (χ3n) is 5.79. The van der Waals surface area contributed by atoms with E-state index >= 15 is 0 Å². The van der Waals surface area contributed by atoms with Gasteiger partial charge >= 0.3 is 0 Å². The van der Waals surface area contributed by atoms with Crippen molar-refractivity contribution in [3.63, 3.8) is 0 Å². The highest BCUT2D eigenvalue weighted by molar-refractivity contribution is 5.85. The first-order chi connectivity index (χ1) is 13.8. The molecule has 2 aliphatic rings. The molecule has 0 spiro atoms. The van der Waals surface area contributed by atoms with Crippen LogP contribution in [0.1, 0.15) is 45.1 Å². The van der Waals surface area contributed by atoms with Crippen LogP contribution in [0.25, 0.3) is 11.3 Å². The van der Waals surface area contributed by atoms with Crippen LogP contribution in [0.4, 0.5) is 0 Å². The molecular weight excluding hydrogens is 390 g/mol. The number of benzene rings is 1. The topological polar surface area (TPSA) is 48.8 Å². The quantitative estimate of drug-likeness (QED) is 0.683. The molecule has 29 heavy (non-hydrogen) atoms. The van der Waals surface area contributed by atoms with Crippen LogP contribution in [-0.4, -0.2) is 54.4 Å². The summed E-state index contributed by atoms with van der Waals surface area (Å²) in [4.78, 5) is 7.07. The summed E-state index contributed by atoms with van der Waals surface area (Å²) < 4.78 is 19.8. The molecule has 1 aromatic heterocycles. The number of imidazole rings is 1. The van der Waals surface area contributed by atoms with Gasteiger partial charge in [0.15, 0.2) is 11.5 Å². The molecule has 0 amide bonds. The van der Waals surface area contributed by atoms with Gasteiger partial charge in [0.1, 0.15) is 5.75 Å². The minimum absolute atomic E-state index is 0. The fourth-order valence-corrected chi connectivity index (χ4v) is 4.22. The molecule has 3 heterocycles. The summed E-state index contributed by atoms with van der Waals surface area (Å²) >= 11 is 0. The third kappa shape index (κ3) is 4.81. The SMILES string of the molecule is CCC(CN1CCCCC1)n1cncc1-c1cc2c(cc1OC)OCCCO2.Cl. The zero-order valence-corrected chi connectivity index (χ0v) is 18.2. The standard InChI is InChI=1S/C22H31N3O3.ClH/c1-3-17(15-24-8-5-4-6-9-24)25-16-23-14-19(25)18-12-21-22(13-20(18)26-2)28-11-7-10-27-21;/h12-14,16-17H,3-11,15H2,1-2H3;1H. The number of likely N-dealkylation sites (tertiary alicyclic amines) is 1. The number of halogens is 1. The molecule has 7 heteroatoms. The van der Waals surface area contributed by atoms with Gasteiger partial charge in [-0.15, -0.1) is 12.4 Å². The van der Waals surface area contributed by atoms with E-state index in [0.29, 0.717) is 19.3 Å². The van der Waals surface area contributed by atoms with Gasteiger partial charge in [-0.1, -0.05) is 13.3 Å². The summed E-state index contributed by atoms with van der Waals surface area (Å²) in [6, 6.07) is 4.37. The second-order valence-electron chi connectivity index (χ2n) is 7.66. The molecule has 4 rings (SSSR count). The van der Waals surface area contributed by atoms with E-state index in [-0.39, 0.29) is 12.4 Å². The zero-order chi connectivity index (χ0) is 19.3. The summed E-state index contributed by atoms with van der Waals surface area (Å²) in [5.41, 5.74) is 2.07. The summed E-state index contributed by atoms with van der Waals surface area (Å²) in [6.45, 7) is 7.06. The lowest BCUT2D eigenvalue weighted by molar-refractivity contribution is 0.194. The molecule has 0 N–H and O–H groups in total. The number of aromatic nitrogens is 2. The van der Waals surface area contributed by atoms with E-state index in [2.05, 4.69) is 21.4 Å². The number of ether oxygens (including phenoxy) is 3. The van der Waals surface area contributed by atoms with Crippen molar-refractivity contribution in [2.24, 2.45) is 0 Å². The van der Waals surface area contributed by atoms with Crippen LogP contribution in [0.15, 0.2) is 24.7 Å². The van der Waals surface area contributed by atoms with E-state index in [1.54, 1.807) is 7.11 Å². The average Bonchev–Trinajstić information content (AvgIpc) is 3.10. The second kappa shape index (κ2) is 10.2. The Hall–Kier alpha value is -1.92. The zero-order valence-electron chi connectivity index (χ0n) is 17.4. The van der Waals surface area contributed by atoms with Crippen molar-refractivity contribution >= 4 is 12.4 Å². The maximum absolute atomic E-state index is 5.92. The maximum atomic E-state index is 5.92. The Balaban J connectivity index is 0.00000240. The normalized spacial score (nSPS) is 17.9. The Bertz CT molecular complexity index is 790. The lowest BCUT2D eigenvalue weighted by Crippen LogP contribution is -2.35. The number of hydrogen-bond donors (Lipinski definition) is 0. The summed E-state index contributed by atoms with van der Waals surface area (Å²) in [7, 11) is 1.70. The van der Waals surface area contributed by atoms with Gasteiger partial charge in [-0.25, -0.2) is 4.98 Å². The van der Waals surface area contributed by atoms with E-state index in [9.17, 15) is 0 Å². The molecular formula is C22H32ClN3O3. The predicted molar refractivity (Wildman–Crippen MR) is 117 cm³/mol. The van der Waals surface area contributed by atoms with Gasteiger partial charge in [-0.2, -0.15) is 0 Å². The Labute approximate surface area is 179 Å². The lowest BCUT2D eigenvalue weighted by atomic mass is 10.1. The molecule has 0 radical (unpaired) electrons. The average molecular weight is 422 g/mol. The summed E-state index contributed by atoms with van der Waals surface area (Å²) in [6.07, 6.45) is 9.81. The number of hydrogen-bond acceptors (Lipinski definition) is 5. The lowest BCUT2D eigenvalue weighted by Gasteiger charge is -2.31. The van der Waals surface area contributed by atoms with Crippen LogP contribution < -0.4 is 14.2 Å². The Morgan fingerprint density at radius 3 is 2.48 bits per heavy atom. The number of nitrogens with zero attached hydrogens (tertiary/aromatic N) is 3. The third-order valence-corrected chi connectivity index (χ3v) is 5.79. The van der Waals surface area contributed by atoms with Gasteiger partial charge in [-0.05, 0) is 38.4 Å². The van der Waals surface area contributed by atoms with E-state index in [4.69, 9.17) is 14.2 Å². The van der Waals surface area contributed by atoms with Gasteiger partial charge in [0, 0.05) is 30.6 Å². The van der Waals surface area contributed by atoms with Crippen molar-refractivity contribution in [2.75, 3.05) is 40.0 Å². The van der Waals surface area contributed by atoms with Gasteiger partial charge in [0.2, 0.25) is 0 Å². The van der Waals surface area contributed by atoms with E-state index < -0.39 is 0 Å². The Morgan fingerprint density at radius 2 is 1.79 bits per heavy atom. The van der Waals surface area contributed by atoms with Gasteiger partial charge in [0.05, 0.1) is 38.5 Å². The molecule has 6 nitrogen and oxygen atoms in total.